The molecule has 4 aromatic rings. The van der Waals surface area contributed by atoms with E-state index >= 15 is 0 Å². The van der Waals surface area contributed by atoms with Crippen molar-refractivity contribution in [3.8, 4) is 16.9 Å². The molecule has 0 saturated heterocycles. The predicted octanol–water partition coefficient (Wildman–Crippen LogP) is 4.72. The molecule has 4 rings (SSSR count). The third-order valence-electron chi connectivity index (χ3n) is 5.30. The maximum Gasteiger partial charge on any atom is 0.440 e. The normalized spacial score (nSPS) is 11.5. The zero-order chi connectivity index (χ0) is 22.7. The third kappa shape index (κ3) is 5.09. The SMILES string of the molecule is CC(C)(C)c1ccc(COc2cccc(-c3ccc(Cn4oc(=O)[nH]c4=O)cc3)c2)cc1. The van der Waals surface area contributed by atoms with Crippen molar-refractivity contribution >= 4 is 0 Å². The molecule has 0 amide bonds. The molecule has 6 nitrogen and oxygen atoms in total. The lowest BCUT2D eigenvalue weighted by atomic mass is 9.87. The number of H-pyrrole nitrogens is 1. The van der Waals surface area contributed by atoms with Crippen molar-refractivity contribution < 1.29 is 9.26 Å². The molecule has 0 spiro atoms. The summed E-state index contributed by atoms with van der Waals surface area (Å²) in [5, 5.41) is 0. The summed E-state index contributed by atoms with van der Waals surface area (Å²) in [6, 6.07) is 24.2. The van der Waals surface area contributed by atoms with Crippen molar-refractivity contribution in [1.29, 1.82) is 0 Å². The van der Waals surface area contributed by atoms with Gasteiger partial charge in [-0.1, -0.05) is 81.4 Å². The molecule has 6 heteroatoms. The number of nitrogens with one attached hydrogen (secondary N) is 1. The van der Waals surface area contributed by atoms with E-state index in [4.69, 9.17) is 9.26 Å². The highest BCUT2D eigenvalue weighted by Gasteiger charge is 2.13. The first kappa shape index (κ1) is 21.4. The molecule has 1 heterocycles. The zero-order valence-corrected chi connectivity index (χ0v) is 18.4. The quantitative estimate of drug-likeness (QED) is 0.480. The Kier molecular flexibility index (Phi) is 5.86. The van der Waals surface area contributed by atoms with Gasteiger partial charge in [0.15, 0.2) is 0 Å². The van der Waals surface area contributed by atoms with E-state index in [0.717, 1.165) is 32.7 Å². The number of nitrogens with zero attached hydrogens (tertiary/aromatic N) is 1. The van der Waals surface area contributed by atoms with E-state index in [0.29, 0.717) is 6.61 Å². The van der Waals surface area contributed by atoms with Gasteiger partial charge in [-0.05, 0) is 45.4 Å². The molecule has 0 saturated carbocycles. The lowest BCUT2D eigenvalue weighted by molar-refractivity contribution is 0.258. The van der Waals surface area contributed by atoms with E-state index in [1.54, 1.807) is 0 Å². The van der Waals surface area contributed by atoms with Crippen molar-refractivity contribution in [2.45, 2.75) is 39.3 Å². The van der Waals surface area contributed by atoms with Crippen molar-refractivity contribution in [2.75, 3.05) is 0 Å². The van der Waals surface area contributed by atoms with Crippen LogP contribution in [0.2, 0.25) is 0 Å². The number of hydrogen-bond acceptors (Lipinski definition) is 4. The largest absolute Gasteiger partial charge is 0.489 e. The average Bonchev–Trinajstić information content (AvgIpc) is 3.09. The van der Waals surface area contributed by atoms with Gasteiger partial charge in [-0.3, -0.25) is 0 Å². The zero-order valence-electron chi connectivity index (χ0n) is 18.4. The van der Waals surface area contributed by atoms with Crippen molar-refractivity contribution in [1.82, 2.24) is 9.72 Å². The molecule has 0 aliphatic rings. The first-order valence-electron chi connectivity index (χ1n) is 10.5. The van der Waals surface area contributed by atoms with Gasteiger partial charge in [0.2, 0.25) is 0 Å². The van der Waals surface area contributed by atoms with E-state index in [2.05, 4.69) is 50.0 Å². The highest BCUT2D eigenvalue weighted by atomic mass is 16.5. The van der Waals surface area contributed by atoms with Gasteiger partial charge in [-0.2, -0.15) is 0 Å². The molecule has 0 atom stereocenters. The van der Waals surface area contributed by atoms with Crippen LogP contribution < -0.4 is 16.2 Å². The lowest BCUT2D eigenvalue weighted by Gasteiger charge is -2.19. The van der Waals surface area contributed by atoms with Crippen molar-refractivity contribution in [3.63, 3.8) is 0 Å². The number of aromatic nitrogens is 2. The van der Waals surface area contributed by atoms with Gasteiger partial charge in [0.05, 0.1) is 6.54 Å². The number of ether oxygens (including phenoxy) is 1. The molecule has 0 unspecified atom stereocenters. The van der Waals surface area contributed by atoms with E-state index < -0.39 is 11.4 Å². The molecular formula is C26H26N2O4. The summed E-state index contributed by atoms with van der Waals surface area (Å²) >= 11 is 0. The van der Waals surface area contributed by atoms with Crippen LogP contribution in [0.1, 0.15) is 37.5 Å². The van der Waals surface area contributed by atoms with Crippen LogP contribution in [0, 0.1) is 0 Å². The molecule has 0 aliphatic carbocycles. The van der Waals surface area contributed by atoms with Gasteiger partial charge in [0.25, 0.3) is 0 Å². The van der Waals surface area contributed by atoms with Crippen LogP contribution in [0.5, 0.6) is 5.75 Å². The summed E-state index contributed by atoms with van der Waals surface area (Å²) < 4.78 is 11.8. The Labute approximate surface area is 186 Å². The van der Waals surface area contributed by atoms with Gasteiger partial charge in [-0.25, -0.2) is 14.6 Å². The fourth-order valence-corrected chi connectivity index (χ4v) is 3.42. The smallest absolute Gasteiger partial charge is 0.440 e. The Morgan fingerprint density at radius 3 is 2.19 bits per heavy atom. The second kappa shape index (κ2) is 8.75. The minimum absolute atomic E-state index is 0.134. The van der Waals surface area contributed by atoms with E-state index in [9.17, 15) is 9.59 Å². The Bertz CT molecular complexity index is 1300. The second-order valence-corrected chi connectivity index (χ2v) is 8.81. The Balaban J connectivity index is 1.43. The van der Waals surface area contributed by atoms with Crippen LogP contribution >= 0.6 is 0 Å². The first-order valence-corrected chi connectivity index (χ1v) is 10.5. The van der Waals surface area contributed by atoms with E-state index in [1.165, 1.54) is 5.56 Å². The first-order chi connectivity index (χ1) is 15.3. The Morgan fingerprint density at radius 1 is 0.875 bits per heavy atom. The number of rotatable bonds is 6. The minimum atomic E-state index is -0.756. The van der Waals surface area contributed by atoms with Crippen LogP contribution in [0.3, 0.4) is 0 Å². The van der Waals surface area contributed by atoms with Crippen LogP contribution in [-0.2, 0) is 18.6 Å². The Hall–Kier alpha value is -3.80. The monoisotopic (exact) mass is 430 g/mol. The van der Waals surface area contributed by atoms with Gasteiger partial charge in [0, 0.05) is 0 Å². The highest BCUT2D eigenvalue weighted by molar-refractivity contribution is 5.65. The summed E-state index contributed by atoms with van der Waals surface area (Å²) in [6.07, 6.45) is 0. The fraction of sp³-hybridized carbons (Fsp3) is 0.231. The van der Waals surface area contributed by atoms with Gasteiger partial charge >= 0.3 is 11.4 Å². The van der Waals surface area contributed by atoms with Gasteiger partial charge in [-0.15, -0.1) is 4.74 Å². The maximum atomic E-state index is 11.6. The minimum Gasteiger partial charge on any atom is -0.489 e. The number of hydrogen-bond donors (Lipinski definition) is 1. The Morgan fingerprint density at radius 2 is 1.56 bits per heavy atom. The molecule has 0 bridgehead atoms. The molecule has 164 valence electrons. The summed E-state index contributed by atoms with van der Waals surface area (Å²) in [4.78, 5) is 24.8. The predicted molar refractivity (Wildman–Crippen MR) is 124 cm³/mol. The molecule has 0 fully saturated rings. The molecule has 0 aliphatic heterocycles. The summed E-state index contributed by atoms with van der Waals surface area (Å²) in [5.74, 6) is 0.0423. The van der Waals surface area contributed by atoms with Crippen LogP contribution in [-0.4, -0.2) is 9.72 Å². The van der Waals surface area contributed by atoms with Crippen molar-refractivity contribution in [2.24, 2.45) is 0 Å². The van der Waals surface area contributed by atoms with Gasteiger partial charge in [0.1, 0.15) is 12.4 Å². The number of aromatic amines is 1. The maximum absolute atomic E-state index is 11.6. The lowest BCUT2D eigenvalue weighted by Crippen LogP contribution is -2.17. The molecule has 3 aromatic carbocycles. The van der Waals surface area contributed by atoms with Crippen LogP contribution in [0.4, 0.5) is 0 Å². The molecule has 1 aromatic heterocycles. The fourth-order valence-electron chi connectivity index (χ4n) is 3.42. The third-order valence-corrected chi connectivity index (χ3v) is 5.30. The van der Waals surface area contributed by atoms with Gasteiger partial charge < -0.3 is 9.26 Å². The topological polar surface area (TPSA) is 77.2 Å². The second-order valence-electron chi connectivity index (χ2n) is 8.81. The highest BCUT2D eigenvalue weighted by Crippen LogP contribution is 2.26. The van der Waals surface area contributed by atoms with Crippen LogP contribution in [0.15, 0.2) is 86.9 Å². The van der Waals surface area contributed by atoms with E-state index in [-0.39, 0.29) is 12.0 Å². The summed E-state index contributed by atoms with van der Waals surface area (Å²) in [7, 11) is 0. The standard InChI is InChI=1S/C26H26N2O4/c1-26(2,3)22-13-9-19(10-14-22)17-31-23-6-4-5-21(15-23)20-11-7-18(8-12-20)16-28-24(29)27-25(30)32-28/h4-15H,16-17H2,1-3H3,(H,27,29,30). The molecule has 0 radical (unpaired) electrons. The summed E-state index contributed by atoms with van der Waals surface area (Å²) in [5.41, 5.74) is 4.91. The average molecular weight is 431 g/mol. The molecule has 32 heavy (non-hydrogen) atoms. The molecule has 1 N–H and O–H groups in total. The molecular weight excluding hydrogens is 404 g/mol. The van der Waals surface area contributed by atoms with E-state index in [1.807, 2.05) is 48.5 Å². The summed E-state index contributed by atoms with van der Waals surface area (Å²) in [6.45, 7) is 7.30. The van der Waals surface area contributed by atoms with Crippen molar-refractivity contribution in [3.05, 3.63) is 111 Å². The van der Waals surface area contributed by atoms with Crippen LogP contribution in [0.25, 0.3) is 11.1 Å². The number of benzene rings is 3.